The van der Waals surface area contributed by atoms with E-state index in [-0.39, 0.29) is 0 Å². The molecule has 0 amide bonds. The number of hydrogen-bond donors (Lipinski definition) is 0. The van der Waals surface area contributed by atoms with E-state index in [0.29, 0.717) is 0 Å². The third-order valence-electron chi connectivity index (χ3n) is 6.82. The van der Waals surface area contributed by atoms with Gasteiger partial charge in [0.1, 0.15) is 0 Å². The molecule has 0 saturated carbocycles. The van der Waals surface area contributed by atoms with E-state index in [1.807, 2.05) is 24.5 Å². The number of hydrogen-bond acceptors (Lipinski definition) is 4. The minimum Gasteiger partial charge on any atom is -0.310 e. The summed E-state index contributed by atoms with van der Waals surface area (Å²) < 4.78 is 2.30. The number of rotatable bonds is 5. The van der Waals surface area contributed by atoms with E-state index in [1.165, 1.54) is 0 Å². The zero-order valence-corrected chi connectivity index (χ0v) is 20.5. The maximum Gasteiger partial charge on any atom is 0.0885 e. The van der Waals surface area contributed by atoms with Crippen LogP contribution in [0.1, 0.15) is 0 Å². The zero-order chi connectivity index (χ0) is 25.3. The molecular weight excluding hydrogens is 466 g/mol. The molecular formula is C33H23N5. The lowest BCUT2D eigenvalue weighted by Crippen LogP contribution is -2.09. The SMILES string of the molecule is c1ccc(N(c2ccccc2)c2ccc3c(c2)c2cnccc2n3-c2ccc(-c3cnccn3)cc2)cc1. The van der Waals surface area contributed by atoms with Crippen LogP contribution in [0.2, 0.25) is 0 Å². The molecule has 0 atom stereocenters. The van der Waals surface area contributed by atoms with Crippen LogP contribution in [0.4, 0.5) is 17.1 Å². The van der Waals surface area contributed by atoms with Gasteiger partial charge < -0.3 is 9.47 Å². The molecule has 0 saturated heterocycles. The normalized spacial score (nSPS) is 11.2. The van der Waals surface area contributed by atoms with Crippen LogP contribution in [0.15, 0.2) is 140 Å². The van der Waals surface area contributed by atoms with Crippen LogP contribution in [-0.2, 0) is 0 Å². The van der Waals surface area contributed by atoms with Crippen molar-refractivity contribution in [1.29, 1.82) is 0 Å². The van der Waals surface area contributed by atoms with Gasteiger partial charge in [-0.3, -0.25) is 15.0 Å². The Morgan fingerprint density at radius 3 is 1.89 bits per heavy atom. The fourth-order valence-corrected chi connectivity index (χ4v) is 5.10. The van der Waals surface area contributed by atoms with Crippen molar-refractivity contribution in [3.05, 3.63) is 140 Å². The lowest BCUT2D eigenvalue weighted by atomic mass is 10.1. The average molecular weight is 490 g/mol. The molecule has 3 aromatic heterocycles. The van der Waals surface area contributed by atoms with Crippen molar-refractivity contribution in [2.45, 2.75) is 0 Å². The van der Waals surface area contributed by atoms with Gasteiger partial charge in [-0.1, -0.05) is 48.5 Å². The largest absolute Gasteiger partial charge is 0.310 e. The monoisotopic (exact) mass is 489 g/mol. The van der Waals surface area contributed by atoms with Gasteiger partial charge in [-0.25, -0.2) is 0 Å². The molecule has 7 aromatic rings. The molecule has 0 aliphatic carbocycles. The quantitative estimate of drug-likeness (QED) is 0.245. The summed E-state index contributed by atoms with van der Waals surface area (Å²) in [5.41, 5.74) is 8.54. The first-order chi connectivity index (χ1) is 18.9. The van der Waals surface area contributed by atoms with Crippen LogP contribution in [0.25, 0.3) is 38.8 Å². The highest BCUT2D eigenvalue weighted by molar-refractivity contribution is 6.10. The van der Waals surface area contributed by atoms with Crippen molar-refractivity contribution in [2.24, 2.45) is 0 Å². The number of benzene rings is 4. The number of anilines is 3. The van der Waals surface area contributed by atoms with Gasteiger partial charge in [-0.2, -0.15) is 0 Å². The first-order valence-electron chi connectivity index (χ1n) is 12.5. The Bertz CT molecular complexity index is 1810. The lowest BCUT2D eigenvalue weighted by molar-refractivity contribution is 1.17. The van der Waals surface area contributed by atoms with Gasteiger partial charge in [-0.15, -0.1) is 0 Å². The molecule has 0 unspecified atom stereocenters. The van der Waals surface area contributed by atoms with Crippen molar-refractivity contribution in [3.8, 4) is 16.9 Å². The minimum atomic E-state index is 0.858. The molecule has 7 rings (SSSR count). The summed E-state index contributed by atoms with van der Waals surface area (Å²) in [6.45, 7) is 0. The molecule has 0 N–H and O–H groups in total. The number of pyridine rings is 1. The van der Waals surface area contributed by atoms with Crippen molar-refractivity contribution < 1.29 is 0 Å². The fraction of sp³-hybridized carbons (Fsp3) is 0. The van der Waals surface area contributed by atoms with E-state index in [4.69, 9.17) is 0 Å². The zero-order valence-electron chi connectivity index (χ0n) is 20.5. The number of fused-ring (bicyclic) bond motifs is 3. The van der Waals surface area contributed by atoms with E-state index in [9.17, 15) is 0 Å². The van der Waals surface area contributed by atoms with Crippen LogP contribution < -0.4 is 4.90 Å². The second-order valence-corrected chi connectivity index (χ2v) is 9.07. The summed E-state index contributed by atoms with van der Waals surface area (Å²) in [7, 11) is 0. The Hall–Kier alpha value is -5.29. The summed E-state index contributed by atoms with van der Waals surface area (Å²) in [5, 5.41) is 2.27. The van der Waals surface area contributed by atoms with E-state index < -0.39 is 0 Å². The Labute approximate surface area is 220 Å². The number of nitrogens with zero attached hydrogens (tertiary/aromatic N) is 5. The maximum atomic E-state index is 4.47. The molecule has 0 spiro atoms. The van der Waals surface area contributed by atoms with Gasteiger partial charge in [0, 0.05) is 63.9 Å². The van der Waals surface area contributed by atoms with Crippen molar-refractivity contribution in [2.75, 3.05) is 4.90 Å². The highest BCUT2D eigenvalue weighted by Gasteiger charge is 2.17. The highest BCUT2D eigenvalue weighted by Crippen LogP contribution is 2.39. The third kappa shape index (κ3) is 3.78. The van der Waals surface area contributed by atoms with Gasteiger partial charge in [-0.05, 0) is 60.7 Å². The number of para-hydroxylation sites is 2. The predicted molar refractivity (Wildman–Crippen MR) is 154 cm³/mol. The molecule has 0 fully saturated rings. The maximum absolute atomic E-state index is 4.47. The second-order valence-electron chi connectivity index (χ2n) is 9.07. The molecule has 0 aliphatic heterocycles. The average Bonchev–Trinajstić information content (AvgIpc) is 3.33. The summed E-state index contributed by atoms with van der Waals surface area (Å²) >= 11 is 0. The van der Waals surface area contributed by atoms with Crippen molar-refractivity contribution >= 4 is 38.9 Å². The molecule has 180 valence electrons. The molecule has 4 aromatic carbocycles. The smallest absolute Gasteiger partial charge is 0.0885 e. The third-order valence-corrected chi connectivity index (χ3v) is 6.82. The highest BCUT2D eigenvalue weighted by atomic mass is 15.1. The van der Waals surface area contributed by atoms with Crippen molar-refractivity contribution in [1.82, 2.24) is 19.5 Å². The summed E-state index contributed by atoms with van der Waals surface area (Å²) in [5.74, 6) is 0. The molecule has 38 heavy (non-hydrogen) atoms. The van der Waals surface area contributed by atoms with Gasteiger partial charge in [0.2, 0.25) is 0 Å². The van der Waals surface area contributed by atoms with E-state index in [1.54, 1.807) is 18.6 Å². The molecule has 5 nitrogen and oxygen atoms in total. The van der Waals surface area contributed by atoms with Gasteiger partial charge in [0.05, 0.1) is 22.9 Å². The first kappa shape index (κ1) is 21.9. The van der Waals surface area contributed by atoms with Crippen LogP contribution in [0.5, 0.6) is 0 Å². The second kappa shape index (κ2) is 9.30. The van der Waals surface area contributed by atoms with E-state index in [2.05, 4.69) is 121 Å². The fourth-order valence-electron chi connectivity index (χ4n) is 5.10. The molecule has 3 heterocycles. The van der Waals surface area contributed by atoms with Crippen molar-refractivity contribution in [3.63, 3.8) is 0 Å². The molecule has 5 heteroatoms. The summed E-state index contributed by atoms with van der Waals surface area (Å²) in [4.78, 5) is 15.4. The van der Waals surface area contributed by atoms with Crippen LogP contribution in [-0.4, -0.2) is 19.5 Å². The van der Waals surface area contributed by atoms with E-state index in [0.717, 1.165) is 55.8 Å². The summed E-state index contributed by atoms with van der Waals surface area (Å²) in [6.07, 6.45) is 9.01. The molecule has 0 bridgehead atoms. The van der Waals surface area contributed by atoms with Crippen LogP contribution >= 0.6 is 0 Å². The van der Waals surface area contributed by atoms with Gasteiger partial charge in [0.25, 0.3) is 0 Å². The minimum absolute atomic E-state index is 0.858. The van der Waals surface area contributed by atoms with Gasteiger partial charge >= 0.3 is 0 Å². The van der Waals surface area contributed by atoms with Gasteiger partial charge in [0.15, 0.2) is 0 Å². The molecule has 0 radical (unpaired) electrons. The Morgan fingerprint density at radius 1 is 0.526 bits per heavy atom. The van der Waals surface area contributed by atoms with Crippen LogP contribution in [0.3, 0.4) is 0 Å². The lowest BCUT2D eigenvalue weighted by Gasteiger charge is -2.25. The number of aromatic nitrogens is 4. The van der Waals surface area contributed by atoms with Crippen LogP contribution in [0, 0.1) is 0 Å². The predicted octanol–water partition coefficient (Wildman–Crippen LogP) is 8.11. The Kier molecular flexibility index (Phi) is 5.37. The van der Waals surface area contributed by atoms with E-state index >= 15 is 0 Å². The standard InChI is InChI=1S/C33H23N5/c1-3-7-25(8-4-1)37(26-9-5-2-6-10-26)28-15-16-32-29(21-28)30-22-34-18-17-33(30)38(32)27-13-11-24(12-14-27)31-23-35-19-20-36-31/h1-23H. The summed E-state index contributed by atoms with van der Waals surface area (Å²) in [6, 6.07) is 38.2. The topological polar surface area (TPSA) is 46.8 Å². The Balaban J connectivity index is 1.40. The first-order valence-corrected chi connectivity index (χ1v) is 12.5. The Morgan fingerprint density at radius 2 is 1.21 bits per heavy atom. The molecule has 0 aliphatic rings.